The molecule has 2 rings (SSSR count). The molecule has 1 heterocycles. The highest BCUT2D eigenvalue weighted by atomic mass is 35.5. The second-order valence-electron chi connectivity index (χ2n) is 6.41. The number of rotatable bonds is 3. The summed E-state index contributed by atoms with van der Waals surface area (Å²) in [7, 11) is -0.287. The average molecular weight is 305 g/mol. The van der Waals surface area contributed by atoms with Crippen molar-refractivity contribution in [1.82, 2.24) is 0 Å². The molecule has 112 valence electrons. The van der Waals surface area contributed by atoms with Crippen molar-refractivity contribution in [2.75, 3.05) is 0 Å². The van der Waals surface area contributed by atoms with Gasteiger partial charge in [-0.2, -0.15) is 0 Å². The van der Waals surface area contributed by atoms with E-state index in [-0.39, 0.29) is 18.3 Å². The van der Waals surface area contributed by atoms with Crippen molar-refractivity contribution in [2.45, 2.75) is 45.8 Å². The van der Waals surface area contributed by atoms with Crippen molar-refractivity contribution < 1.29 is 9.31 Å². The van der Waals surface area contributed by atoms with E-state index in [0.29, 0.717) is 0 Å². The van der Waals surface area contributed by atoms with Gasteiger partial charge in [-0.25, -0.2) is 0 Å². The van der Waals surface area contributed by atoms with Gasteiger partial charge in [-0.1, -0.05) is 42.0 Å². The molecule has 0 saturated carbocycles. The summed E-state index contributed by atoms with van der Waals surface area (Å²) in [4.78, 5) is 0. The van der Waals surface area contributed by atoms with Crippen molar-refractivity contribution in [3.05, 3.63) is 52.5 Å². The molecule has 2 nitrogen and oxygen atoms in total. The van der Waals surface area contributed by atoms with Crippen LogP contribution < -0.4 is 0 Å². The first-order valence-electron chi connectivity index (χ1n) is 7.17. The summed E-state index contributed by atoms with van der Waals surface area (Å²) in [6, 6.07) is 7.73. The Kier molecular flexibility index (Phi) is 4.67. The zero-order valence-electron chi connectivity index (χ0n) is 13.3. The van der Waals surface area contributed by atoms with Gasteiger partial charge in [0.15, 0.2) is 0 Å². The fourth-order valence-corrected chi connectivity index (χ4v) is 2.12. The van der Waals surface area contributed by atoms with Gasteiger partial charge in [0.25, 0.3) is 0 Å². The Morgan fingerprint density at radius 3 is 2.10 bits per heavy atom. The van der Waals surface area contributed by atoms with Crippen LogP contribution in [0.1, 0.15) is 40.2 Å². The van der Waals surface area contributed by atoms with Crippen LogP contribution in [0, 0.1) is 0 Å². The van der Waals surface area contributed by atoms with E-state index < -0.39 is 0 Å². The summed E-state index contributed by atoms with van der Waals surface area (Å²) in [5.41, 5.74) is 1.57. The molecule has 0 unspecified atom stereocenters. The fourth-order valence-electron chi connectivity index (χ4n) is 1.99. The molecule has 1 fully saturated rings. The first-order valence-corrected chi connectivity index (χ1v) is 7.55. The van der Waals surface area contributed by atoms with Gasteiger partial charge < -0.3 is 9.31 Å². The van der Waals surface area contributed by atoms with E-state index in [4.69, 9.17) is 20.9 Å². The van der Waals surface area contributed by atoms with Gasteiger partial charge in [0, 0.05) is 5.02 Å². The molecule has 1 saturated heterocycles. The van der Waals surface area contributed by atoms with Gasteiger partial charge in [-0.05, 0) is 57.8 Å². The van der Waals surface area contributed by atoms with E-state index in [1.807, 2.05) is 49.4 Å². The minimum absolute atomic E-state index is 0.287. The van der Waals surface area contributed by atoms with Crippen LogP contribution in [0.15, 0.2) is 41.9 Å². The smallest absolute Gasteiger partial charge is 0.400 e. The molecule has 0 aromatic heterocycles. The van der Waals surface area contributed by atoms with Gasteiger partial charge >= 0.3 is 7.12 Å². The summed E-state index contributed by atoms with van der Waals surface area (Å²) in [6.45, 7) is 10.3. The van der Waals surface area contributed by atoms with E-state index in [1.165, 1.54) is 0 Å². The van der Waals surface area contributed by atoms with E-state index in [2.05, 4.69) is 27.7 Å². The molecule has 0 aliphatic carbocycles. The molecule has 1 aromatic rings. The zero-order valence-corrected chi connectivity index (χ0v) is 14.1. The summed E-state index contributed by atoms with van der Waals surface area (Å²) < 4.78 is 12.0. The zero-order chi connectivity index (χ0) is 15.7. The van der Waals surface area contributed by atoms with Crippen LogP contribution in [-0.4, -0.2) is 18.3 Å². The maximum atomic E-state index is 6.00. The van der Waals surface area contributed by atoms with Crippen molar-refractivity contribution in [3.63, 3.8) is 0 Å². The van der Waals surface area contributed by atoms with Gasteiger partial charge in [-0.15, -0.1) is 0 Å². The third kappa shape index (κ3) is 3.79. The summed E-state index contributed by atoms with van der Waals surface area (Å²) >= 11 is 5.87. The molecule has 0 spiro atoms. The second kappa shape index (κ2) is 6.00. The van der Waals surface area contributed by atoms with Crippen LogP contribution in [0.5, 0.6) is 0 Å². The average Bonchev–Trinajstić information content (AvgIpc) is 2.61. The molecule has 0 radical (unpaired) electrons. The Morgan fingerprint density at radius 1 is 1.05 bits per heavy atom. The Balaban J connectivity index is 2.04. The van der Waals surface area contributed by atoms with Crippen molar-refractivity contribution in [3.8, 4) is 0 Å². The highest BCUT2D eigenvalue weighted by Gasteiger charge is 2.51. The number of allylic oxidation sites excluding steroid dienone is 3. The molecular weight excluding hydrogens is 282 g/mol. The lowest BCUT2D eigenvalue weighted by Gasteiger charge is -2.32. The number of halogens is 1. The minimum Gasteiger partial charge on any atom is -0.400 e. The molecule has 1 aliphatic rings. The molecule has 0 N–H and O–H groups in total. The van der Waals surface area contributed by atoms with E-state index in [9.17, 15) is 0 Å². The number of hydrogen-bond acceptors (Lipinski definition) is 2. The molecule has 0 bridgehead atoms. The van der Waals surface area contributed by atoms with Crippen LogP contribution in [0.25, 0.3) is 6.08 Å². The monoisotopic (exact) mass is 304 g/mol. The first-order chi connectivity index (χ1) is 9.71. The van der Waals surface area contributed by atoms with Crippen LogP contribution in [0.3, 0.4) is 0 Å². The maximum Gasteiger partial charge on any atom is 0.490 e. The van der Waals surface area contributed by atoms with E-state index in [0.717, 1.165) is 16.1 Å². The van der Waals surface area contributed by atoms with Crippen LogP contribution in [-0.2, 0) is 9.31 Å². The van der Waals surface area contributed by atoms with Gasteiger partial charge in [0.05, 0.1) is 11.2 Å². The minimum atomic E-state index is -0.299. The third-order valence-electron chi connectivity index (χ3n) is 4.14. The van der Waals surface area contributed by atoms with Gasteiger partial charge in [-0.3, -0.25) is 0 Å². The standard InChI is InChI=1S/C17H22BClO2/c1-13(18-20-16(2,3)17(4,5)21-18)7-6-8-14-9-11-15(19)12-10-14/h6-12H,1-5H3/b8-6+,13-7-. The number of hydrogen-bond donors (Lipinski definition) is 0. The molecule has 21 heavy (non-hydrogen) atoms. The SMILES string of the molecule is C/C(=C/C=C/c1ccc(Cl)cc1)B1OC(C)(C)C(C)(C)O1. The van der Waals surface area contributed by atoms with Gasteiger partial charge in [0.2, 0.25) is 0 Å². The van der Waals surface area contributed by atoms with Crippen molar-refractivity contribution >= 4 is 24.8 Å². The lowest BCUT2D eigenvalue weighted by atomic mass is 9.79. The Hall–Kier alpha value is -1.03. The van der Waals surface area contributed by atoms with Crippen molar-refractivity contribution in [1.29, 1.82) is 0 Å². The molecule has 1 aliphatic heterocycles. The normalized spacial score (nSPS) is 21.2. The molecular formula is C17H22BClO2. The molecule has 1 aromatic carbocycles. The van der Waals surface area contributed by atoms with E-state index >= 15 is 0 Å². The summed E-state index contributed by atoms with van der Waals surface area (Å²) in [6.07, 6.45) is 6.06. The van der Waals surface area contributed by atoms with Gasteiger partial charge in [0.1, 0.15) is 0 Å². The Bertz CT molecular complexity index is 543. The number of benzene rings is 1. The van der Waals surface area contributed by atoms with Crippen LogP contribution >= 0.6 is 11.6 Å². The van der Waals surface area contributed by atoms with E-state index in [1.54, 1.807) is 0 Å². The predicted molar refractivity (Wildman–Crippen MR) is 90.3 cm³/mol. The quantitative estimate of drug-likeness (QED) is 0.582. The van der Waals surface area contributed by atoms with Crippen molar-refractivity contribution in [2.24, 2.45) is 0 Å². The lowest BCUT2D eigenvalue weighted by Crippen LogP contribution is -2.41. The summed E-state index contributed by atoms with van der Waals surface area (Å²) in [5, 5.41) is 0.746. The predicted octanol–water partition coefficient (Wildman–Crippen LogP) is 4.93. The van der Waals surface area contributed by atoms with Crippen LogP contribution in [0.4, 0.5) is 0 Å². The largest absolute Gasteiger partial charge is 0.490 e. The Labute approximate surface area is 132 Å². The first kappa shape index (κ1) is 16.3. The Morgan fingerprint density at radius 2 is 1.57 bits per heavy atom. The lowest BCUT2D eigenvalue weighted by molar-refractivity contribution is 0.00578. The molecule has 4 heteroatoms. The second-order valence-corrected chi connectivity index (χ2v) is 6.85. The highest BCUT2D eigenvalue weighted by Crippen LogP contribution is 2.38. The summed E-state index contributed by atoms with van der Waals surface area (Å²) in [5.74, 6) is 0. The highest BCUT2D eigenvalue weighted by molar-refractivity contribution is 6.54. The maximum absolute atomic E-state index is 6.00. The fraction of sp³-hybridized carbons (Fsp3) is 0.412. The topological polar surface area (TPSA) is 18.5 Å². The third-order valence-corrected chi connectivity index (χ3v) is 4.39. The van der Waals surface area contributed by atoms with Crippen LogP contribution in [0.2, 0.25) is 5.02 Å². The molecule has 0 amide bonds. The molecule has 0 atom stereocenters.